The summed E-state index contributed by atoms with van der Waals surface area (Å²) in [5.74, 6) is -1.39. The van der Waals surface area contributed by atoms with Gasteiger partial charge in [-0.3, -0.25) is 4.79 Å². The summed E-state index contributed by atoms with van der Waals surface area (Å²) in [5, 5.41) is 11.6. The van der Waals surface area contributed by atoms with E-state index >= 15 is 0 Å². The monoisotopic (exact) mass is 201 g/mol. The predicted molar refractivity (Wildman–Crippen MR) is 48.8 cm³/mol. The molecule has 14 heavy (non-hydrogen) atoms. The van der Waals surface area contributed by atoms with Crippen molar-refractivity contribution in [3.63, 3.8) is 0 Å². The van der Waals surface area contributed by atoms with E-state index in [2.05, 4.69) is 5.32 Å². The first kappa shape index (κ1) is 11.0. The highest BCUT2D eigenvalue weighted by molar-refractivity contribution is 5.87. The van der Waals surface area contributed by atoms with Crippen molar-refractivity contribution in [1.82, 2.24) is 5.32 Å². The number of carbonyl (C=O) groups is 2. The number of nitrogens with one attached hydrogen (secondary N) is 1. The van der Waals surface area contributed by atoms with Crippen molar-refractivity contribution in [2.75, 3.05) is 0 Å². The number of hydrogen-bond acceptors (Lipinski definition) is 3. The van der Waals surface area contributed by atoms with E-state index in [1.165, 1.54) is 6.92 Å². The van der Waals surface area contributed by atoms with Gasteiger partial charge in [-0.2, -0.15) is 0 Å². The van der Waals surface area contributed by atoms with E-state index in [1.807, 2.05) is 0 Å². The van der Waals surface area contributed by atoms with Crippen molar-refractivity contribution in [2.24, 2.45) is 0 Å². The van der Waals surface area contributed by atoms with Gasteiger partial charge in [0.05, 0.1) is 12.2 Å². The van der Waals surface area contributed by atoms with Crippen LogP contribution in [0.5, 0.6) is 0 Å². The highest BCUT2D eigenvalue weighted by Crippen LogP contribution is 2.30. The minimum absolute atomic E-state index is 0.145. The van der Waals surface area contributed by atoms with Crippen LogP contribution in [0.4, 0.5) is 0 Å². The van der Waals surface area contributed by atoms with Crippen molar-refractivity contribution in [2.45, 2.75) is 44.9 Å². The van der Waals surface area contributed by atoms with Gasteiger partial charge in [-0.05, 0) is 13.8 Å². The third-order valence-electron chi connectivity index (χ3n) is 2.52. The first-order chi connectivity index (χ1) is 6.38. The Morgan fingerprint density at radius 3 is 2.36 bits per heavy atom. The fourth-order valence-electron chi connectivity index (χ4n) is 1.91. The Kier molecular flexibility index (Phi) is 2.80. The minimum Gasteiger partial charge on any atom is -0.479 e. The van der Waals surface area contributed by atoms with Gasteiger partial charge in [0.25, 0.3) is 0 Å². The van der Waals surface area contributed by atoms with Gasteiger partial charge >= 0.3 is 5.97 Å². The molecule has 0 saturated carbocycles. The first-order valence-electron chi connectivity index (χ1n) is 4.56. The summed E-state index contributed by atoms with van der Waals surface area (Å²) < 4.78 is 5.34. The Hall–Kier alpha value is -1.10. The molecule has 80 valence electrons. The normalized spacial score (nSPS) is 36.8. The minimum atomic E-state index is -1.26. The van der Waals surface area contributed by atoms with Crippen LogP contribution in [-0.2, 0) is 14.3 Å². The van der Waals surface area contributed by atoms with Crippen molar-refractivity contribution in [3.05, 3.63) is 0 Å². The van der Waals surface area contributed by atoms with Crippen LogP contribution in [0.15, 0.2) is 0 Å². The van der Waals surface area contributed by atoms with E-state index in [0.717, 1.165) is 0 Å². The zero-order valence-corrected chi connectivity index (χ0v) is 8.53. The Labute approximate surface area is 82.4 Å². The summed E-state index contributed by atoms with van der Waals surface area (Å²) in [6, 6.07) is 0. The smallest absolute Gasteiger partial charge is 0.332 e. The summed E-state index contributed by atoms with van der Waals surface area (Å²) in [6.45, 7) is 4.76. The van der Waals surface area contributed by atoms with E-state index < -0.39 is 17.6 Å². The molecule has 2 N–H and O–H groups in total. The number of rotatable bonds is 2. The first-order valence-corrected chi connectivity index (χ1v) is 4.56. The van der Waals surface area contributed by atoms with Gasteiger partial charge in [0, 0.05) is 13.3 Å². The fraction of sp³-hybridized carbons (Fsp3) is 0.778. The zero-order valence-electron chi connectivity index (χ0n) is 8.53. The quantitative estimate of drug-likeness (QED) is 0.666. The van der Waals surface area contributed by atoms with Gasteiger partial charge in [-0.15, -0.1) is 0 Å². The molecule has 3 atom stereocenters. The van der Waals surface area contributed by atoms with Crippen molar-refractivity contribution in [1.29, 1.82) is 0 Å². The highest BCUT2D eigenvalue weighted by atomic mass is 16.5. The largest absolute Gasteiger partial charge is 0.479 e. The summed E-state index contributed by atoms with van der Waals surface area (Å²) in [6.07, 6.45) is -0.338. The molecule has 0 bridgehead atoms. The van der Waals surface area contributed by atoms with E-state index in [4.69, 9.17) is 9.84 Å². The lowest BCUT2D eigenvalue weighted by Gasteiger charge is -2.27. The van der Waals surface area contributed by atoms with Crippen LogP contribution in [0.3, 0.4) is 0 Å². The van der Waals surface area contributed by atoms with E-state index in [1.54, 1.807) is 13.8 Å². The Morgan fingerprint density at radius 1 is 1.50 bits per heavy atom. The second-order valence-corrected chi connectivity index (χ2v) is 3.75. The molecule has 1 rings (SSSR count). The molecule has 0 spiro atoms. The molecule has 3 unspecified atom stereocenters. The molecule has 1 amide bonds. The summed E-state index contributed by atoms with van der Waals surface area (Å²) in [5.41, 5.74) is -1.26. The molecule has 1 aliphatic heterocycles. The standard InChI is InChI=1S/C9H15NO4/c1-5-4-9(8(12)13,6(2)14-5)10-7(3)11/h5-6H,4H2,1-3H3,(H,10,11)(H,12,13). The van der Waals surface area contributed by atoms with Gasteiger partial charge in [0.15, 0.2) is 5.54 Å². The maximum absolute atomic E-state index is 11.1. The second-order valence-electron chi connectivity index (χ2n) is 3.75. The Morgan fingerprint density at radius 2 is 2.07 bits per heavy atom. The van der Waals surface area contributed by atoms with Crippen LogP contribution in [0, 0.1) is 0 Å². The summed E-state index contributed by atoms with van der Waals surface area (Å²) >= 11 is 0. The number of amides is 1. The number of ether oxygens (including phenoxy) is 1. The molecule has 0 aliphatic carbocycles. The van der Waals surface area contributed by atoms with Gasteiger partial charge in [-0.1, -0.05) is 0 Å². The third-order valence-corrected chi connectivity index (χ3v) is 2.52. The van der Waals surface area contributed by atoms with Crippen LogP contribution in [-0.4, -0.2) is 34.7 Å². The van der Waals surface area contributed by atoms with Crippen LogP contribution in [0.2, 0.25) is 0 Å². The van der Waals surface area contributed by atoms with Gasteiger partial charge in [-0.25, -0.2) is 4.79 Å². The van der Waals surface area contributed by atoms with Crippen LogP contribution in [0.1, 0.15) is 27.2 Å². The summed E-state index contributed by atoms with van der Waals surface area (Å²) in [4.78, 5) is 22.1. The van der Waals surface area contributed by atoms with Crippen LogP contribution < -0.4 is 5.32 Å². The van der Waals surface area contributed by atoms with E-state index in [9.17, 15) is 9.59 Å². The molecule has 1 aliphatic rings. The molecule has 1 heterocycles. The molecule has 1 fully saturated rings. The number of aliphatic carboxylic acids is 1. The topological polar surface area (TPSA) is 75.6 Å². The fourth-order valence-corrected chi connectivity index (χ4v) is 1.91. The second kappa shape index (κ2) is 3.57. The SMILES string of the molecule is CC(=O)NC1(C(=O)O)CC(C)OC1C. The predicted octanol–water partition coefficient (Wildman–Crippen LogP) is 0.143. The van der Waals surface area contributed by atoms with E-state index in [0.29, 0.717) is 6.42 Å². The molecule has 0 radical (unpaired) electrons. The Balaban J connectivity index is 2.92. The van der Waals surface area contributed by atoms with Crippen molar-refractivity contribution in [3.8, 4) is 0 Å². The average Bonchev–Trinajstić information content (AvgIpc) is 2.26. The lowest BCUT2D eigenvalue weighted by atomic mass is 9.90. The Bertz CT molecular complexity index is 266. The molecular formula is C9H15NO4. The molecule has 0 aromatic heterocycles. The molecule has 0 aromatic rings. The maximum atomic E-state index is 11.1. The van der Waals surface area contributed by atoms with Gasteiger partial charge < -0.3 is 15.2 Å². The highest BCUT2D eigenvalue weighted by Gasteiger charge is 2.51. The number of carboxylic acids is 1. The molecule has 1 saturated heterocycles. The lowest BCUT2D eigenvalue weighted by molar-refractivity contribution is -0.149. The molecular weight excluding hydrogens is 186 g/mol. The van der Waals surface area contributed by atoms with Gasteiger partial charge in [0.1, 0.15) is 0 Å². The van der Waals surface area contributed by atoms with Gasteiger partial charge in [0.2, 0.25) is 5.91 Å². The van der Waals surface area contributed by atoms with Crippen LogP contribution >= 0.6 is 0 Å². The van der Waals surface area contributed by atoms with Crippen LogP contribution in [0.25, 0.3) is 0 Å². The molecule has 5 nitrogen and oxygen atoms in total. The number of hydrogen-bond donors (Lipinski definition) is 2. The number of carbonyl (C=O) groups excluding carboxylic acids is 1. The van der Waals surface area contributed by atoms with Crippen molar-refractivity contribution < 1.29 is 19.4 Å². The zero-order chi connectivity index (χ0) is 10.9. The molecule has 0 aromatic carbocycles. The summed E-state index contributed by atoms with van der Waals surface area (Å²) in [7, 11) is 0. The van der Waals surface area contributed by atoms with E-state index in [-0.39, 0.29) is 12.0 Å². The van der Waals surface area contributed by atoms with Crippen molar-refractivity contribution >= 4 is 11.9 Å². The molecule has 5 heteroatoms. The maximum Gasteiger partial charge on any atom is 0.332 e. The number of carboxylic acid groups (broad SMARTS) is 1. The average molecular weight is 201 g/mol. The third kappa shape index (κ3) is 1.72. The lowest BCUT2D eigenvalue weighted by Crippen LogP contribution is -2.58.